The van der Waals surface area contributed by atoms with E-state index in [9.17, 15) is 4.79 Å². The van der Waals surface area contributed by atoms with Gasteiger partial charge in [0.2, 0.25) is 5.76 Å². The van der Waals surface area contributed by atoms with E-state index in [0.29, 0.717) is 28.9 Å². The molecule has 1 amide bonds. The monoisotopic (exact) mass is 273 g/mol. The van der Waals surface area contributed by atoms with Crippen LogP contribution in [-0.2, 0) is 14.3 Å². The van der Waals surface area contributed by atoms with E-state index in [4.69, 9.17) is 32.7 Å². The van der Waals surface area contributed by atoms with Crippen molar-refractivity contribution in [3.63, 3.8) is 0 Å². The van der Waals surface area contributed by atoms with Crippen molar-refractivity contribution in [3.8, 4) is 0 Å². The normalized spacial score (nSPS) is 14.4. The van der Waals surface area contributed by atoms with Crippen LogP contribution in [0.25, 0.3) is 0 Å². The number of hydrogen-bond acceptors (Lipinski definition) is 3. The van der Waals surface area contributed by atoms with Gasteiger partial charge in [-0.1, -0.05) is 23.2 Å². The number of carbonyl (C=O) groups excluding carboxylic acids is 1. The van der Waals surface area contributed by atoms with Crippen molar-refractivity contribution in [2.45, 2.75) is 0 Å². The van der Waals surface area contributed by atoms with Crippen LogP contribution in [0, 0.1) is 0 Å². The second kappa shape index (κ2) is 5.29. The van der Waals surface area contributed by atoms with Gasteiger partial charge in [0.05, 0.1) is 10.7 Å². The summed E-state index contributed by atoms with van der Waals surface area (Å²) in [4.78, 5) is 11.7. The lowest BCUT2D eigenvalue weighted by molar-refractivity contribution is -0.117. The molecule has 2 rings (SSSR count). The van der Waals surface area contributed by atoms with Crippen LogP contribution in [0.4, 0.5) is 5.69 Å². The smallest absolute Gasteiger partial charge is 0.294 e. The molecular formula is C11H9Cl2NO3. The maximum atomic E-state index is 11.7. The SMILES string of the molecule is O=C(Nc1ccc(Cl)cc1Cl)C1=COCCO1. The number of rotatable bonds is 2. The Morgan fingerprint density at radius 2 is 2.12 bits per heavy atom. The Kier molecular flexibility index (Phi) is 3.76. The summed E-state index contributed by atoms with van der Waals surface area (Å²) in [5, 5.41) is 3.47. The lowest BCUT2D eigenvalue weighted by atomic mass is 10.3. The third-order valence-corrected chi connectivity index (χ3v) is 2.60. The fraction of sp³-hybridized carbons (Fsp3) is 0.182. The van der Waals surface area contributed by atoms with Gasteiger partial charge in [-0.2, -0.15) is 0 Å². The van der Waals surface area contributed by atoms with E-state index >= 15 is 0 Å². The van der Waals surface area contributed by atoms with Gasteiger partial charge in [0.15, 0.2) is 0 Å². The minimum atomic E-state index is -0.408. The zero-order valence-electron chi connectivity index (χ0n) is 8.70. The predicted octanol–water partition coefficient (Wildman–Crippen LogP) is 2.82. The third kappa shape index (κ3) is 3.05. The molecule has 0 saturated heterocycles. The molecule has 90 valence electrons. The highest BCUT2D eigenvalue weighted by Gasteiger charge is 2.16. The minimum absolute atomic E-state index is 0.127. The van der Waals surface area contributed by atoms with Crippen molar-refractivity contribution in [1.29, 1.82) is 0 Å². The van der Waals surface area contributed by atoms with Crippen molar-refractivity contribution in [2.75, 3.05) is 18.5 Å². The second-order valence-electron chi connectivity index (χ2n) is 3.28. The molecule has 0 aliphatic carbocycles. The summed E-state index contributed by atoms with van der Waals surface area (Å²) < 4.78 is 10.1. The predicted molar refractivity (Wildman–Crippen MR) is 65.1 cm³/mol. The van der Waals surface area contributed by atoms with Gasteiger partial charge in [0.1, 0.15) is 19.5 Å². The largest absolute Gasteiger partial charge is 0.494 e. The van der Waals surface area contributed by atoms with Crippen LogP contribution in [0.2, 0.25) is 10.0 Å². The summed E-state index contributed by atoms with van der Waals surface area (Å²) in [6.45, 7) is 0.798. The highest BCUT2D eigenvalue weighted by atomic mass is 35.5. The summed E-state index contributed by atoms with van der Waals surface area (Å²) in [6.07, 6.45) is 1.28. The zero-order valence-corrected chi connectivity index (χ0v) is 10.2. The zero-order chi connectivity index (χ0) is 12.3. The van der Waals surface area contributed by atoms with Crippen LogP contribution >= 0.6 is 23.2 Å². The van der Waals surface area contributed by atoms with E-state index < -0.39 is 5.91 Å². The number of carbonyl (C=O) groups is 1. The number of amides is 1. The van der Waals surface area contributed by atoms with E-state index in [-0.39, 0.29) is 5.76 Å². The molecule has 1 aromatic rings. The fourth-order valence-electron chi connectivity index (χ4n) is 1.26. The molecule has 17 heavy (non-hydrogen) atoms. The summed E-state index contributed by atoms with van der Waals surface area (Å²) >= 11 is 11.7. The average Bonchev–Trinajstić information content (AvgIpc) is 2.34. The summed E-state index contributed by atoms with van der Waals surface area (Å²) in [5.74, 6) is -0.281. The molecule has 0 radical (unpaired) electrons. The minimum Gasteiger partial charge on any atom is -0.494 e. The van der Waals surface area contributed by atoms with Gasteiger partial charge in [-0.15, -0.1) is 0 Å². The quantitative estimate of drug-likeness (QED) is 0.902. The van der Waals surface area contributed by atoms with Crippen molar-refractivity contribution >= 4 is 34.8 Å². The second-order valence-corrected chi connectivity index (χ2v) is 4.12. The first kappa shape index (κ1) is 12.1. The topological polar surface area (TPSA) is 47.6 Å². The average molecular weight is 274 g/mol. The van der Waals surface area contributed by atoms with E-state index in [0.717, 1.165) is 0 Å². The molecule has 0 bridgehead atoms. The fourth-order valence-corrected chi connectivity index (χ4v) is 1.72. The van der Waals surface area contributed by atoms with Gasteiger partial charge in [-0.3, -0.25) is 4.79 Å². The molecule has 1 heterocycles. The molecule has 0 saturated carbocycles. The molecule has 0 unspecified atom stereocenters. The summed E-state index contributed by atoms with van der Waals surface area (Å²) in [7, 11) is 0. The first-order valence-electron chi connectivity index (χ1n) is 4.88. The Morgan fingerprint density at radius 3 is 2.76 bits per heavy atom. The molecule has 1 aliphatic heterocycles. The summed E-state index contributed by atoms with van der Waals surface area (Å²) in [5.41, 5.74) is 0.469. The Morgan fingerprint density at radius 1 is 1.29 bits per heavy atom. The number of hydrogen-bond donors (Lipinski definition) is 1. The van der Waals surface area contributed by atoms with Gasteiger partial charge < -0.3 is 14.8 Å². The summed E-state index contributed by atoms with van der Waals surface area (Å²) in [6, 6.07) is 4.80. The van der Waals surface area contributed by atoms with Crippen LogP contribution in [-0.4, -0.2) is 19.1 Å². The molecule has 1 aliphatic rings. The van der Waals surface area contributed by atoms with Gasteiger partial charge in [0, 0.05) is 5.02 Å². The van der Waals surface area contributed by atoms with Crippen LogP contribution in [0.3, 0.4) is 0 Å². The first-order chi connectivity index (χ1) is 8.16. The lowest BCUT2D eigenvalue weighted by Gasteiger charge is -2.15. The van der Waals surface area contributed by atoms with Gasteiger partial charge in [-0.25, -0.2) is 0 Å². The van der Waals surface area contributed by atoms with Crippen molar-refractivity contribution in [2.24, 2.45) is 0 Å². The maximum absolute atomic E-state index is 11.7. The molecule has 0 aromatic heterocycles. The Balaban J connectivity index is 2.10. The van der Waals surface area contributed by atoms with Crippen molar-refractivity contribution < 1.29 is 14.3 Å². The molecular weight excluding hydrogens is 265 g/mol. The molecule has 1 N–H and O–H groups in total. The van der Waals surface area contributed by atoms with E-state index in [1.165, 1.54) is 6.26 Å². The molecule has 0 fully saturated rings. The standard InChI is InChI=1S/C11H9Cl2NO3/c12-7-1-2-9(8(13)5-7)14-11(15)10-6-16-3-4-17-10/h1-2,5-6H,3-4H2,(H,14,15). The van der Waals surface area contributed by atoms with E-state index in [1.807, 2.05) is 0 Å². The van der Waals surface area contributed by atoms with E-state index in [1.54, 1.807) is 18.2 Å². The number of ether oxygens (including phenoxy) is 2. The lowest BCUT2D eigenvalue weighted by Crippen LogP contribution is -2.21. The van der Waals surface area contributed by atoms with Crippen LogP contribution in [0.1, 0.15) is 0 Å². The molecule has 1 aromatic carbocycles. The van der Waals surface area contributed by atoms with Crippen LogP contribution in [0.15, 0.2) is 30.2 Å². The number of nitrogens with one attached hydrogen (secondary N) is 1. The number of halogens is 2. The first-order valence-corrected chi connectivity index (χ1v) is 5.63. The van der Waals surface area contributed by atoms with Crippen molar-refractivity contribution in [1.82, 2.24) is 0 Å². The third-order valence-electron chi connectivity index (χ3n) is 2.05. The molecule has 4 nitrogen and oxygen atoms in total. The highest BCUT2D eigenvalue weighted by molar-refractivity contribution is 6.36. The Hall–Kier alpha value is -1.39. The number of benzene rings is 1. The Bertz CT molecular complexity index is 474. The molecule has 0 atom stereocenters. The van der Waals surface area contributed by atoms with Gasteiger partial charge >= 0.3 is 0 Å². The molecule has 6 heteroatoms. The van der Waals surface area contributed by atoms with Crippen LogP contribution < -0.4 is 5.32 Å². The van der Waals surface area contributed by atoms with E-state index in [2.05, 4.69) is 5.32 Å². The molecule has 0 spiro atoms. The van der Waals surface area contributed by atoms with Crippen molar-refractivity contribution in [3.05, 3.63) is 40.3 Å². The highest BCUT2D eigenvalue weighted by Crippen LogP contribution is 2.25. The Labute approximate surface area is 108 Å². The maximum Gasteiger partial charge on any atom is 0.294 e. The van der Waals surface area contributed by atoms with Gasteiger partial charge in [-0.05, 0) is 18.2 Å². The van der Waals surface area contributed by atoms with Gasteiger partial charge in [0.25, 0.3) is 5.91 Å². The van der Waals surface area contributed by atoms with Crippen LogP contribution in [0.5, 0.6) is 0 Å². The number of anilines is 1.